The number of hydrogen-bond acceptors (Lipinski definition) is 5. The summed E-state index contributed by atoms with van der Waals surface area (Å²) in [5, 5.41) is 18.6. The first-order valence-electron chi connectivity index (χ1n) is 4.55. The van der Waals surface area contributed by atoms with Crippen LogP contribution in [0.4, 0.5) is 0 Å². The van der Waals surface area contributed by atoms with E-state index in [4.69, 9.17) is 9.84 Å². The Balaban J connectivity index is 2.42. The number of aliphatic hydroxyl groups is 1. The van der Waals surface area contributed by atoms with Crippen LogP contribution in [-0.4, -0.2) is 40.3 Å². The summed E-state index contributed by atoms with van der Waals surface area (Å²) in [4.78, 5) is 16.1. The molecule has 6 heteroatoms. The second-order valence-corrected chi connectivity index (χ2v) is 3.20. The molecule has 2 aliphatic heterocycles. The zero-order chi connectivity index (χ0) is 11.7. The first-order valence-corrected chi connectivity index (χ1v) is 4.55. The van der Waals surface area contributed by atoms with E-state index in [9.17, 15) is 9.90 Å². The number of nitrogens with zero attached hydrogens (tertiary/aromatic N) is 2. The molecule has 1 unspecified atom stereocenters. The number of methoxy groups -OCH3 is 1. The Morgan fingerprint density at radius 2 is 2.38 bits per heavy atom. The molecular formula is C10H10N2O4. The standard InChI is InChI=1S/C10H10N2O4/c1-16-7-3-2-4-12-8(7)11-5-6(9(12)13)10(14)15/h2-5,9,13H,1H3,(H,14,15). The van der Waals surface area contributed by atoms with Gasteiger partial charge >= 0.3 is 5.97 Å². The van der Waals surface area contributed by atoms with E-state index in [-0.39, 0.29) is 5.57 Å². The molecule has 0 aromatic rings. The SMILES string of the molecule is COC1=CC=CN2C1=NC=C(C(=O)O)C2O. The van der Waals surface area contributed by atoms with Gasteiger partial charge in [0.1, 0.15) is 5.57 Å². The second kappa shape index (κ2) is 3.82. The van der Waals surface area contributed by atoms with Gasteiger partial charge in [-0.05, 0) is 12.2 Å². The predicted octanol–water partition coefficient (Wildman–Crippen LogP) is 0.0450. The summed E-state index contributed by atoms with van der Waals surface area (Å²) >= 11 is 0. The zero-order valence-corrected chi connectivity index (χ0v) is 8.49. The van der Waals surface area contributed by atoms with Crippen molar-refractivity contribution in [1.82, 2.24) is 4.90 Å². The van der Waals surface area contributed by atoms with Gasteiger partial charge in [-0.25, -0.2) is 9.79 Å². The van der Waals surface area contributed by atoms with Crippen LogP contribution in [0, 0.1) is 0 Å². The van der Waals surface area contributed by atoms with E-state index in [1.807, 2.05) is 0 Å². The predicted molar refractivity (Wildman–Crippen MR) is 55.2 cm³/mol. The van der Waals surface area contributed by atoms with E-state index in [1.165, 1.54) is 12.0 Å². The molecule has 2 aliphatic rings. The average molecular weight is 222 g/mol. The second-order valence-electron chi connectivity index (χ2n) is 3.20. The summed E-state index contributed by atoms with van der Waals surface area (Å²) in [5.74, 6) is -0.332. The number of carboxylic acid groups (broad SMARTS) is 1. The van der Waals surface area contributed by atoms with Gasteiger partial charge in [0.25, 0.3) is 0 Å². The Bertz CT molecular complexity index is 448. The van der Waals surface area contributed by atoms with Crippen molar-refractivity contribution in [3.05, 3.63) is 35.9 Å². The molecule has 2 heterocycles. The van der Waals surface area contributed by atoms with Crippen molar-refractivity contribution in [1.29, 1.82) is 0 Å². The Labute approximate surface area is 91.5 Å². The number of amidine groups is 1. The fourth-order valence-corrected chi connectivity index (χ4v) is 1.50. The Morgan fingerprint density at radius 3 is 3.00 bits per heavy atom. The largest absolute Gasteiger partial charge is 0.493 e. The molecule has 0 saturated carbocycles. The molecule has 84 valence electrons. The van der Waals surface area contributed by atoms with Crippen LogP contribution in [-0.2, 0) is 9.53 Å². The van der Waals surface area contributed by atoms with Crippen molar-refractivity contribution >= 4 is 11.8 Å². The van der Waals surface area contributed by atoms with Crippen LogP contribution in [0.3, 0.4) is 0 Å². The maximum Gasteiger partial charge on any atom is 0.337 e. The summed E-state index contributed by atoms with van der Waals surface area (Å²) in [6.07, 6.45) is 4.75. The first-order chi connectivity index (χ1) is 7.65. The van der Waals surface area contributed by atoms with E-state index in [1.54, 1.807) is 18.4 Å². The zero-order valence-electron chi connectivity index (χ0n) is 8.49. The first kappa shape index (κ1) is 10.4. The van der Waals surface area contributed by atoms with Crippen molar-refractivity contribution in [3.8, 4) is 0 Å². The molecule has 16 heavy (non-hydrogen) atoms. The monoisotopic (exact) mass is 222 g/mol. The van der Waals surface area contributed by atoms with Gasteiger partial charge in [0.05, 0.1) is 7.11 Å². The van der Waals surface area contributed by atoms with Crippen LogP contribution < -0.4 is 0 Å². The molecule has 0 aromatic carbocycles. The van der Waals surface area contributed by atoms with Gasteiger partial charge in [-0.1, -0.05) is 0 Å². The molecule has 0 bridgehead atoms. The highest BCUT2D eigenvalue weighted by Gasteiger charge is 2.32. The van der Waals surface area contributed by atoms with Crippen LogP contribution in [0.1, 0.15) is 0 Å². The fraction of sp³-hybridized carbons (Fsp3) is 0.200. The minimum Gasteiger partial charge on any atom is -0.493 e. The third-order valence-corrected chi connectivity index (χ3v) is 2.29. The van der Waals surface area contributed by atoms with Crippen molar-refractivity contribution < 1.29 is 19.7 Å². The van der Waals surface area contributed by atoms with Gasteiger partial charge in [0, 0.05) is 12.4 Å². The van der Waals surface area contributed by atoms with Gasteiger partial charge < -0.3 is 14.9 Å². The van der Waals surface area contributed by atoms with Gasteiger partial charge in [-0.2, -0.15) is 0 Å². The number of hydrogen-bond donors (Lipinski definition) is 2. The number of allylic oxidation sites excluding steroid dienone is 2. The lowest BCUT2D eigenvalue weighted by Gasteiger charge is -2.32. The molecule has 0 saturated heterocycles. The maximum atomic E-state index is 10.8. The lowest BCUT2D eigenvalue weighted by Crippen LogP contribution is -2.43. The average Bonchev–Trinajstić information content (AvgIpc) is 2.28. The highest BCUT2D eigenvalue weighted by molar-refractivity contribution is 6.01. The highest BCUT2D eigenvalue weighted by atomic mass is 16.5. The van der Waals surface area contributed by atoms with Crippen molar-refractivity contribution in [3.63, 3.8) is 0 Å². The number of aliphatic carboxylic acids is 1. The molecule has 1 atom stereocenters. The highest BCUT2D eigenvalue weighted by Crippen LogP contribution is 2.22. The van der Waals surface area contributed by atoms with Gasteiger partial charge in [-0.3, -0.25) is 4.90 Å². The van der Waals surface area contributed by atoms with E-state index in [0.717, 1.165) is 6.20 Å². The molecule has 0 aliphatic carbocycles. The minimum atomic E-state index is -1.25. The summed E-state index contributed by atoms with van der Waals surface area (Å²) in [6.45, 7) is 0. The molecule has 6 nitrogen and oxygen atoms in total. The topological polar surface area (TPSA) is 82.4 Å². The van der Waals surface area contributed by atoms with Gasteiger partial charge in [-0.15, -0.1) is 0 Å². The molecule has 0 fully saturated rings. The lowest BCUT2D eigenvalue weighted by molar-refractivity contribution is -0.134. The summed E-state index contributed by atoms with van der Waals surface area (Å²) < 4.78 is 5.05. The summed E-state index contributed by atoms with van der Waals surface area (Å²) in [5.41, 5.74) is -0.175. The maximum absolute atomic E-state index is 10.8. The van der Waals surface area contributed by atoms with E-state index < -0.39 is 12.2 Å². The number of aliphatic imine (C=N–C) groups is 1. The molecule has 2 N–H and O–H groups in total. The van der Waals surface area contributed by atoms with Crippen molar-refractivity contribution in [2.75, 3.05) is 7.11 Å². The number of rotatable bonds is 2. The third kappa shape index (κ3) is 1.49. The number of carboxylic acids is 1. The molecule has 0 spiro atoms. The molecule has 0 radical (unpaired) electrons. The van der Waals surface area contributed by atoms with Crippen molar-refractivity contribution in [2.24, 2.45) is 4.99 Å². The van der Waals surface area contributed by atoms with Crippen LogP contribution >= 0.6 is 0 Å². The normalized spacial score (nSPS) is 23.0. The Kier molecular flexibility index (Phi) is 2.49. The summed E-state index contributed by atoms with van der Waals surface area (Å²) in [6, 6.07) is 0. The van der Waals surface area contributed by atoms with Crippen LogP contribution in [0.25, 0.3) is 0 Å². The lowest BCUT2D eigenvalue weighted by atomic mass is 10.1. The van der Waals surface area contributed by atoms with Crippen LogP contribution in [0.15, 0.2) is 40.9 Å². The number of ether oxygens (including phenoxy) is 1. The third-order valence-electron chi connectivity index (χ3n) is 2.29. The van der Waals surface area contributed by atoms with Gasteiger partial charge in [0.15, 0.2) is 17.8 Å². The molecule has 2 rings (SSSR count). The van der Waals surface area contributed by atoms with Crippen molar-refractivity contribution in [2.45, 2.75) is 6.23 Å². The quantitative estimate of drug-likeness (QED) is 0.689. The number of fused-ring (bicyclic) bond motifs is 1. The Morgan fingerprint density at radius 1 is 1.62 bits per heavy atom. The van der Waals surface area contributed by atoms with E-state index in [0.29, 0.717) is 11.6 Å². The minimum absolute atomic E-state index is 0.175. The molecular weight excluding hydrogens is 212 g/mol. The van der Waals surface area contributed by atoms with E-state index >= 15 is 0 Å². The summed E-state index contributed by atoms with van der Waals surface area (Å²) in [7, 11) is 1.48. The van der Waals surface area contributed by atoms with Crippen LogP contribution in [0.2, 0.25) is 0 Å². The Hall–Kier alpha value is -2.08. The van der Waals surface area contributed by atoms with Gasteiger partial charge in [0.2, 0.25) is 0 Å². The number of carbonyl (C=O) groups is 1. The molecule has 0 aromatic heterocycles. The number of aliphatic hydroxyl groups excluding tert-OH is 1. The smallest absolute Gasteiger partial charge is 0.337 e. The molecule has 0 amide bonds. The van der Waals surface area contributed by atoms with Crippen LogP contribution in [0.5, 0.6) is 0 Å². The fourth-order valence-electron chi connectivity index (χ4n) is 1.50. The van der Waals surface area contributed by atoms with E-state index in [2.05, 4.69) is 4.99 Å².